The Morgan fingerprint density at radius 1 is 1.26 bits per heavy atom. The molecule has 0 amide bonds. The molecular weight excluding hydrogens is 523 g/mol. The number of hydrogen-bond acceptors (Lipinski definition) is 6. The molecule has 2 bridgehead atoms. The first-order chi connectivity index (χ1) is 18.3. The van der Waals surface area contributed by atoms with Crippen molar-refractivity contribution in [1.82, 2.24) is 0 Å². The van der Waals surface area contributed by atoms with E-state index in [9.17, 15) is 23.9 Å². The maximum atomic E-state index is 13.4. The summed E-state index contributed by atoms with van der Waals surface area (Å²) < 4.78 is 24.5. The van der Waals surface area contributed by atoms with Gasteiger partial charge in [-0.1, -0.05) is 51.4 Å². The van der Waals surface area contributed by atoms with Gasteiger partial charge in [0.1, 0.15) is 17.7 Å². The van der Waals surface area contributed by atoms with Gasteiger partial charge < -0.3 is 14.6 Å². The molecule has 8 heteroatoms. The van der Waals surface area contributed by atoms with Gasteiger partial charge in [0.15, 0.2) is 6.61 Å². The van der Waals surface area contributed by atoms with Crippen LogP contribution in [0.15, 0.2) is 36.9 Å². The number of halogens is 2. The minimum absolute atomic E-state index is 0.0745. The lowest BCUT2D eigenvalue weighted by Crippen LogP contribution is -2.63. The van der Waals surface area contributed by atoms with Crippen LogP contribution >= 0.6 is 11.6 Å². The molecule has 3 aliphatic carbocycles. The van der Waals surface area contributed by atoms with Crippen molar-refractivity contribution in [2.75, 3.05) is 6.61 Å². The van der Waals surface area contributed by atoms with E-state index in [-0.39, 0.29) is 34.0 Å². The number of esters is 2. The molecular formula is C31H38ClFO6. The van der Waals surface area contributed by atoms with E-state index in [1.165, 1.54) is 24.3 Å². The van der Waals surface area contributed by atoms with Gasteiger partial charge in [0.2, 0.25) is 0 Å². The number of carbonyl (C=O) groups is 3. The van der Waals surface area contributed by atoms with Gasteiger partial charge >= 0.3 is 11.9 Å². The minimum Gasteiger partial charge on any atom is -0.459 e. The van der Waals surface area contributed by atoms with Gasteiger partial charge in [-0.3, -0.25) is 4.79 Å². The van der Waals surface area contributed by atoms with Crippen molar-refractivity contribution in [3.8, 4) is 0 Å². The third kappa shape index (κ3) is 5.08. The highest BCUT2D eigenvalue weighted by Gasteiger charge is 2.68. The molecule has 1 aromatic carbocycles. The van der Waals surface area contributed by atoms with Gasteiger partial charge in [0, 0.05) is 29.2 Å². The fourth-order valence-corrected chi connectivity index (χ4v) is 7.84. The van der Waals surface area contributed by atoms with Crippen molar-refractivity contribution in [3.63, 3.8) is 0 Å². The molecule has 3 aliphatic rings. The molecule has 212 valence electrons. The van der Waals surface area contributed by atoms with Crippen LogP contribution in [-0.4, -0.2) is 41.6 Å². The van der Waals surface area contributed by atoms with Gasteiger partial charge in [0.05, 0.1) is 11.1 Å². The fraction of sp³-hybridized carbons (Fsp3) is 0.581. The van der Waals surface area contributed by atoms with Crippen molar-refractivity contribution >= 4 is 35.4 Å². The molecule has 6 nitrogen and oxygen atoms in total. The van der Waals surface area contributed by atoms with E-state index in [4.69, 9.17) is 21.1 Å². The zero-order valence-corrected chi connectivity index (χ0v) is 23.8. The Kier molecular flexibility index (Phi) is 8.17. The predicted octanol–water partition coefficient (Wildman–Crippen LogP) is 5.94. The average Bonchev–Trinajstić information content (AvgIpc) is 3.26. The summed E-state index contributed by atoms with van der Waals surface area (Å²) in [5.41, 5.74) is -1.27. The first-order valence-electron chi connectivity index (χ1n) is 13.6. The smallest absolute Gasteiger partial charge is 0.344 e. The van der Waals surface area contributed by atoms with Crippen LogP contribution in [-0.2, 0) is 23.9 Å². The first kappa shape index (κ1) is 29.5. The average molecular weight is 561 g/mol. The number of ether oxygens (including phenoxy) is 2. The lowest BCUT2D eigenvalue weighted by molar-refractivity contribution is -0.208. The lowest BCUT2D eigenvalue weighted by Gasteiger charge is -2.61. The molecule has 39 heavy (non-hydrogen) atoms. The van der Waals surface area contributed by atoms with E-state index in [1.54, 1.807) is 6.08 Å². The highest BCUT2D eigenvalue weighted by Crippen LogP contribution is 2.68. The molecule has 8 atom stereocenters. The van der Waals surface area contributed by atoms with Crippen LogP contribution in [0.3, 0.4) is 0 Å². The molecule has 1 aromatic rings. The van der Waals surface area contributed by atoms with Crippen LogP contribution in [0.4, 0.5) is 4.39 Å². The van der Waals surface area contributed by atoms with Gasteiger partial charge in [0.25, 0.3) is 0 Å². The van der Waals surface area contributed by atoms with Crippen LogP contribution in [0.1, 0.15) is 65.4 Å². The SMILES string of the molecule is C=CC1(C)C[C@@H](OC(=O)COC(=O)/C=C/c2ccc(F)c(Cl)c2)[C@@]2(C)[C@@H]3C(=O)CCC3(CC[C@@H]2C)[C@@H](C)[C@@H]1O. The monoisotopic (exact) mass is 560 g/mol. The number of hydrogen-bond donors (Lipinski definition) is 1. The third-order valence-corrected chi connectivity index (χ3v) is 10.6. The number of aliphatic hydroxyl groups excluding tert-OH is 1. The molecule has 0 aromatic heterocycles. The summed E-state index contributed by atoms with van der Waals surface area (Å²) in [6.45, 7) is 11.5. The molecule has 0 aliphatic heterocycles. The van der Waals surface area contributed by atoms with Crippen LogP contribution in [0, 0.1) is 39.8 Å². The van der Waals surface area contributed by atoms with Gasteiger partial charge in [-0.25, -0.2) is 14.0 Å². The lowest BCUT2D eigenvalue weighted by atomic mass is 9.44. The number of Topliss-reactive ketones (excluding diaryl/α,β-unsaturated/α-hetero) is 1. The van der Waals surface area contributed by atoms with Crippen molar-refractivity contribution in [3.05, 3.63) is 53.3 Å². The summed E-state index contributed by atoms with van der Waals surface area (Å²) in [5.74, 6) is -2.25. The highest BCUT2D eigenvalue weighted by atomic mass is 35.5. The summed E-state index contributed by atoms with van der Waals surface area (Å²) in [7, 11) is 0. The van der Waals surface area contributed by atoms with Crippen LogP contribution in [0.25, 0.3) is 6.08 Å². The van der Waals surface area contributed by atoms with Gasteiger partial charge in [-0.15, -0.1) is 6.58 Å². The standard InChI is InChI=1S/C31H38ClFO6/c1-6-29(4)16-24(39-26(36)17-38-25(35)10-8-20-7-9-22(33)21(32)15-20)30(5)18(2)11-13-31(19(3)28(29)37)14-12-23(34)27(30)31/h6-10,15,18-19,24,27-28,37H,1,11-14,16-17H2,2-5H3/b10-8+/t18-,19-,24+,27-,28-,29?,30-,31?/m0/s1. The van der Waals surface area contributed by atoms with E-state index >= 15 is 0 Å². The van der Waals surface area contributed by atoms with E-state index < -0.39 is 47.4 Å². The van der Waals surface area contributed by atoms with E-state index in [0.29, 0.717) is 24.8 Å². The highest BCUT2D eigenvalue weighted by molar-refractivity contribution is 6.30. The zero-order chi connectivity index (χ0) is 28.8. The molecule has 0 radical (unpaired) electrons. The molecule has 0 spiro atoms. The van der Waals surface area contributed by atoms with Crippen molar-refractivity contribution in [1.29, 1.82) is 0 Å². The van der Waals surface area contributed by atoms with Gasteiger partial charge in [-0.05, 0) is 66.7 Å². The maximum Gasteiger partial charge on any atom is 0.344 e. The topological polar surface area (TPSA) is 89.9 Å². The molecule has 0 saturated heterocycles. The number of ketones is 1. The second kappa shape index (κ2) is 10.8. The fourth-order valence-electron chi connectivity index (χ4n) is 7.65. The predicted molar refractivity (Wildman–Crippen MR) is 146 cm³/mol. The van der Waals surface area contributed by atoms with Crippen molar-refractivity contribution in [2.24, 2.45) is 34.0 Å². The molecule has 0 heterocycles. The molecule has 1 N–H and O–H groups in total. The Morgan fingerprint density at radius 3 is 2.64 bits per heavy atom. The normalized spacial score (nSPS) is 38.0. The Hall–Kier alpha value is -2.51. The van der Waals surface area contributed by atoms with Crippen molar-refractivity contribution in [2.45, 2.75) is 72.0 Å². The van der Waals surface area contributed by atoms with Crippen LogP contribution < -0.4 is 0 Å². The summed E-state index contributed by atoms with van der Waals surface area (Å²) in [6.07, 6.45) is 5.99. The Labute approximate surface area is 234 Å². The minimum atomic E-state index is -0.771. The van der Waals surface area contributed by atoms with Gasteiger partial charge in [-0.2, -0.15) is 0 Å². The molecule has 2 unspecified atom stereocenters. The van der Waals surface area contributed by atoms with E-state index in [1.807, 2.05) is 20.8 Å². The maximum absolute atomic E-state index is 13.4. The largest absolute Gasteiger partial charge is 0.459 e. The summed E-state index contributed by atoms with van der Waals surface area (Å²) in [6, 6.07) is 4.01. The Bertz CT molecular complexity index is 1200. The first-order valence-corrected chi connectivity index (χ1v) is 14.0. The van der Waals surface area contributed by atoms with Crippen LogP contribution in [0.2, 0.25) is 5.02 Å². The molecule has 3 saturated carbocycles. The molecule has 3 fully saturated rings. The second-order valence-electron chi connectivity index (χ2n) is 12.2. The number of aliphatic hydroxyl groups is 1. The zero-order valence-electron chi connectivity index (χ0n) is 23.0. The van der Waals surface area contributed by atoms with Crippen molar-refractivity contribution < 1.29 is 33.4 Å². The molecule has 4 rings (SSSR count). The third-order valence-electron chi connectivity index (χ3n) is 10.3. The number of rotatable bonds is 6. The van der Waals surface area contributed by atoms with E-state index in [0.717, 1.165) is 18.9 Å². The Morgan fingerprint density at radius 2 is 1.97 bits per heavy atom. The van der Waals surface area contributed by atoms with E-state index in [2.05, 4.69) is 13.5 Å². The number of benzene rings is 1. The summed E-state index contributed by atoms with van der Waals surface area (Å²) in [4.78, 5) is 38.7. The quantitative estimate of drug-likeness (QED) is 0.263. The second-order valence-corrected chi connectivity index (χ2v) is 12.6. The summed E-state index contributed by atoms with van der Waals surface area (Å²) in [5, 5.41) is 11.5. The summed E-state index contributed by atoms with van der Waals surface area (Å²) >= 11 is 5.77. The number of carbonyl (C=O) groups excluding carboxylic acids is 3. The van der Waals surface area contributed by atoms with Crippen LogP contribution in [0.5, 0.6) is 0 Å². The Balaban J connectivity index is 1.55.